The predicted octanol–water partition coefficient (Wildman–Crippen LogP) is 2.07. The van der Waals surface area contributed by atoms with Gasteiger partial charge in [0.15, 0.2) is 0 Å². The zero-order valence-corrected chi connectivity index (χ0v) is 8.14. The Labute approximate surface area is 86.2 Å². The molecule has 0 bridgehead atoms. The highest BCUT2D eigenvalue weighted by molar-refractivity contribution is 5.31. The lowest BCUT2D eigenvalue weighted by Gasteiger charge is -2.21. The SMILES string of the molecule is CC(O)(c1ccoc1)c1cncc(F)c1. The van der Waals surface area contributed by atoms with Crippen LogP contribution in [0.1, 0.15) is 18.1 Å². The van der Waals surface area contributed by atoms with E-state index in [9.17, 15) is 9.50 Å². The summed E-state index contributed by atoms with van der Waals surface area (Å²) in [4.78, 5) is 3.69. The molecule has 1 unspecified atom stereocenters. The molecular formula is C11H10FNO2. The van der Waals surface area contributed by atoms with Gasteiger partial charge in [-0.15, -0.1) is 0 Å². The zero-order chi connectivity index (χ0) is 10.9. The molecule has 0 radical (unpaired) electrons. The molecule has 3 nitrogen and oxygen atoms in total. The summed E-state index contributed by atoms with van der Waals surface area (Å²) in [5.74, 6) is -0.476. The highest BCUT2D eigenvalue weighted by Crippen LogP contribution is 2.28. The van der Waals surface area contributed by atoms with Crippen LogP contribution in [-0.2, 0) is 5.60 Å². The van der Waals surface area contributed by atoms with Crippen molar-refractivity contribution in [2.45, 2.75) is 12.5 Å². The van der Waals surface area contributed by atoms with Crippen molar-refractivity contribution in [3.63, 3.8) is 0 Å². The van der Waals surface area contributed by atoms with Gasteiger partial charge in [-0.25, -0.2) is 4.39 Å². The number of nitrogens with zero attached hydrogens (tertiary/aromatic N) is 1. The number of aromatic nitrogens is 1. The quantitative estimate of drug-likeness (QED) is 0.819. The maximum atomic E-state index is 12.9. The van der Waals surface area contributed by atoms with Crippen LogP contribution in [0.5, 0.6) is 0 Å². The first-order valence-electron chi connectivity index (χ1n) is 4.47. The summed E-state index contributed by atoms with van der Waals surface area (Å²) < 4.78 is 17.8. The number of halogens is 1. The number of hydrogen-bond donors (Lipinski definition) is 1. The van der Waals surface area contributed by atoms with Crippen LogP contribution in [0.15, 0.2) is 41.5 Å². The average molecular weight is 207 g/mol. The zero-order valence-electron chi connectivity index (χ0n) is 8.14. The van der Waals surface area contributed by atoms with Gasteiger partial charge in [0.05, 0.1) is 18.7 Å². The van der Waals surface area contributed by atoms with E-state index in [4.69, 9.17) is 4.42 Å². The van der Waals surface area contributed by atoms with Gasteiger partial charge < -0.3 is 9.52 Å². The van der Waals surface area contributed by atoms with E-state index in [1.807, 2.05) is 0 Å². The Morgan fingerprint density at radius 2 is 2.20 bits per heavy atom. The lowest BCUT2D eigenvalue weighted by Crippen LogP contribution is -2.22. The molecule has 78 valence electrons. The molecule has 15 heavy (non-hydrogen) atoms. The molecule has 1 N–H and O–H groups in total. The topological polar surface area (TPSA) is 46.3 Å². The first-order valence-corrected chi connectivity index (χ1v) is 4.47. The highest BCUT2D eigenvalue weighted by Gasteiger charge is 2.27. The Hall–Kier alpha value is -1.68. The minimum Gasteiger partial charge on any atom is -0.472 e. The molecule has 0 spiro atoms. The standard InChI is InChI=1S/C11H10FNO2/c1-11(14,8-2-3-15-7-8)9-4-10(12)6-13-5-9/h2-7,14H,1H3. The van der Waals surface area contributed by atoms with Gasteiger partial charge in [0, 0.05) is 17.3 Å². The van der Waals surface area contributed by atoms with Crippen molar-refractivity contribution in [3.05, 3.63) is 54.0 Å². The third kappa shape index (κ3) is 1.76. The molecule has 2 rings (SSSR count). The van der Waals surface area contributed by atoms with Crippen LogP contribution in [0.3, 0.4) is 0 Å². The van der Waals surface area contributed by atoms with E-state index in [2.05, 4.69) is 4.98 Å². The van der Waals surface area contributed by atoms with Crippen molar-refractivity contribution in [2.75, 3.05) is 0 Å². The number of hydrogen-bond acceptors (Lipinski definition) is 3. The summed E-state index contributed by atoms with van der Waals surface area (Å²) in [6, 6.07) is 2.88. The van der Waals surface area contributed by atoms with E-state index in [-0.39, 0.29) is 0 Å². The molecule has 0 aliphatic heterocycles. The van der Waals surface area contributed by atoms with Crippen LogP contribution < -0.4 is 0 Å². The minimum atomic E-state index is -1.29. The number of aliphatic hydroxyl groups is 1. The van der Waals surface area contributed by atoms with E-state index in [1.54, 1.807) is 13.0 Å². The lowest BCUT2D eigenvalue weighted by atomic mass is 9.91. The van der Waals surface area contributed by atoms with Gasteiger partial charge in [0.25, 0.3) is 0 Å². The summed E-state index contributed by atoms with van der Waals surface area (Å²) in [5.41, 5.74) is -0.332. The van der Waals surface area contributed by atoms with Crippen LogP contribution in [0, 0.1) is 5.82 Å². The van der Waals surface area contributed by atoms with Crippen LogP contribution in [0.2, 0.25) is 0 Å². The summed E-state index contributed by atoms with van der Waals surface area (Å²) >= 11 is 0. The molecule has 0 aliphatic rings. The molecule has 2 aromatic heterocycles. The van der Waals surface area contributed by atoms with Gasteiger partial charge in [-0.05, 0) is 19.1 Å². The Bertz CT molecular complexity index is 451. The summed E-state index contributed by atoms with van der Waals surface area (Å²) in [6.07, 6.45) is 5.40. The Kier molecular flexibility index (Phi) is 2.28. The average Bonchev–Trinajstić information content (AvgIpc) is 2.71. The first-order chi connectivity index (χ1) is 7.10. The second kappa shape index (κ2) is 3.47. The van der Waals surface area contributed by atoms with Gasteiger partial charge in [-0.2, -0.15) is 0 Å². The number of rotatable bonds is 2. The van der Waals surface area contributed by atoms with Gasteiger partial charge in [0.1, 0.15) is 11.4 Å². The fraction of sp³-hybridized carbons (Fsp3) is 0.182. The molecule has 0 saturated carbocycles. The minimum absolute atomic E-state index is 0.393. The molecule has 0 amide bonds. The van der Waals surface area contributed by atoms with E-state index in [1.165, 1.54) is 24.8 Å². The second-order valence-corrected chi connectivity index (χ2v) is 3.48. The molecule has 0 aromatic carbocycles. The smallest absolute Gasteiger partial charge is 0.141 e. The van der Waals surface area contributed by atoms with Crippen molar-refractivity contribution >= 4 is 0 Å². The fourth-order valence-electron chi connectivity index (χ4n) is 1.39. The van der Waals surface area contributed by atoms with Crippen LogP contribution in [-0.4, -0.2) is 10.1 Å². The Balaban J connectivity index is 2.46. The van der Waals surface area contributed by atoms with E-state index >= 15 is 0 Å². The highest BCUT2D eigenvalue weighted by atomic mass is 19.1. The lowest BCUT2D eigenvalue weighted by molar-refractivity contribution is 0.101. The molecule has 1 atom stereocenters. The van der Waals surface area contributed by atoms with Gasteiger partial charge in [-0.3, -0.25) is 4.98 Å². The third-order valence-corrected chi connectivity index (χ3v) is 2.35. The molecule has 2 aromatic rings. The first kappa shape index (κ1) is 9.86. The Morgan fingerprint density at radius 1 is 1.40 bits per heavy atom. The second-order valence-electron chi connectivity index (χ2n) is 3.48. The molecule has 0 fully saturated rings. The van der Waals surface area contributed by atoms with E-state index in [0.717, 1.165) is 6.20 Å². The number of furan rings is 1. The van der Waals surface area contributed by atoms with Crippen molar-refractivity contribution in [2.24, 2.45) is 0 Å². The normalized spacial score (nSPS) is 14.9. The molecule has 0 saturated heterocycles. The van der Waals surface area contributed by atoms with Crippen LogP contribution >= 0.6 is 0 Å². The largest absolute Gasteiger partial charge is 0.472 e. The molecule has 0 aliphatic carbocycles. The van der Waals surface area contributed by atoms with E-state index in [0.29, 0.717) is 11.1 Å². The molecule has 2 heterocycles. The fourth-order valence-corrected chi connectivity index (χ4v) is 1.39. The van der Waals surface area contributed by atoms with Crippen molar-refractivity contribution in [3.8, 4) is 0 Å². The summed E-state index contributed by atoms with van der Waals surface area (Å²) in [7, 11) is 0. The summed E-state index contributed by atoms with van der Waals surface area (Å²) in [5, 5.41) is 10.2. The van der Waals surface area contributed by atoms with Crippen molar-refractivity contribution < 1.29 is 13.9 Å². The van der Waals surface area contributed by atoms with Gasteiger partial charge in [-0.1, -0.05) is 0 Å². The van der Waals surface area contributed by atoms with Crippen molar-refractivity contribution in [1.29, 1.82) is 0 Å². The van der Waals surface area contributed by atoms with Crippen LogP contribution in [0.4, 0.5) is 4.39 Å². The van der Waals surface area contributed by atoms with Crippen molar-refractivity contribution in [1.82, 2.24) is 4.98 Å². The van der Waals surface area contributed by atoms with E-state index < -0.39 is 11.4 Å². The summed E-state index contributed by atoms with van der Waals surface area (Å²) in [6.45, 7) is 1.56. The van der Waals surface area contributed by atoms with Crippen LogP contribution in [0.25, 0.3) is 0 Å². The maximum Gasteiger partial charge on any atom is 0.141 e. The third-order valence-electron chi connectivity index (χ3n) is 2.35. The molecular weight excluding hydrogens is 197 g/mol. The maximum absolute atomic E-state index is 12.9. The number of pyridine rings is 1. The van der Waals surface area contributed by atoms with Gasteiger partial charge >= 0.3 is 0 Å². The van der Waals surface area contributed by atoms with Gasteiger partial charge in [0.2, 0.25) is 0 Å². The Morgan fingerprint density at radius 3 is 2.80 bits per heavy atom. The monoisotopic (exact) mass is 207 g/mol. The molecule has 4 heteroatoms. The predicted molar refractivity (Wildman–Crippen MR) is 51.6 cm³/mol.